The number of fused-ring (bicyclic) bond motifs is 1. The molecule has 0 N–H and O–H groups in total. The summed E-state index contributed by atoms with van der Waals surface area (Å²) in [6.45, 7) is 2.24. The van der Waals surface area contributed by atoms with E-state index in [4.69, 9.17) is 4.74 Å². The molecule has 0 unspecified atom stereocenters. The molecular formula is C21H25FN4O8S2. The molecule has 36 heavy (non-hydrogen) atoms. The van der Waals surface area contributed by atoms with Crippen LogP contribution in [0.25, 0.3) is 10.2 Å². The lowest BCUT2D eigenvalue weighted by Crippen LogP contribution is -2.52. The van der Waals surface area contributed by atoms with Crippen molar-refractivity contribution < 1.29 is 41.5 Å². The van der Waals surface area contributed by atoms with Gasteiger partial charge >= 0.3 is 12.1 Å². The van der Waals surface area contributed by atoms with Crippen LogP contribution in [0.3, 0.4) is 0 Å². The Hall–Kier alpha value is -3.33. The van der Waals surface area contributed by atoms with Gasteiger partial charge in [0.2, 0.25) is 5.91 Å². The van der Waals surface area contributed by atoms with Crippen LogP contribution in [-0.4, -0.2) is 98.1 Å². The number of amides is 3. The number of benzene rings is 1. The van der Waals surface area contributed by atoms with Crippen LogP contribution in [0.4, 0.5) is 9.18 Å². The molecule has 1 aromatic heterocycles. The Morgan fingerprint density at radius 3 is 2.39 bits per heavy atom. The first-order valence-corrected chi connectivity index (χ1v) is 13.5. The first-order chi connectivity index (χ1) is 17.0. The van der Waals surface area contributed by atoms with Crippen molar-refractivity contribution in [3.63, 3.8) is 0 Å². The van der Waals surface area contributed by atoms with Crippen LogP contribution in [0.2, 0.25) is 0 Å². The second-order valence-corrected chi connectivity index (χ2v) is 10.8. The normalized spacial score (nSPS) is 14.7. The van der Waals surface area contributed by atoms with E-state index in [0.717, 1.165) is 11.3 Å². The summed E-state index contributed by atoms with van der Waals surface area (Å²) in [5.41, 5.74) is 0.415. The smallest absolute Gasteiger partial charge is 0.409 e. The maximum Gasteiger partial charge on any atom is 0.409 e. The highest BCUT2D eigenvalue weighted by atomic mass is 32.2. The van der Waals surface area contributed by atoms with Crippen molar-refractivity contribution in [3.05, 3.63) is 28.8 Å². The molecule has 0 radical (unpaired) electrons. The van der Waals surface area contributed by atoms with E-state index in [-0.39, 0.29) is 44.1 Å². The fraction of sp³-hybridized carbons (Fsp3) is 0.476. The Labute approximate surface area is 209 Å². The number of halogens is 1. The molecule has 3 amide bonds. The average Bonchev–Trinajstić information content (AvgIpc) is 3.13. The SMILES string of the molecule is CCOC(=O)N1CCN(C(=O)CS(=O)(=O)CC(=O)N=c2sc3cc(F)ccc3n2CC(=O)OC)CC1. The Morgan fingerprint density at radius 2 is 1.75 bits per heavy atom. The molecule has 0 atom stereocenters. The van der Waals surface area contributed by atoms with Gasteiger partial charge in [0.1, 0.15) is 23.9 Å². The number of esters is 1. The van der Waals surface area contributed by atoms with Crippen LogP contribution in [0.5, 0.6) is 0 Å². The Kier molecular flexibility index (Phi) is 8.79. The van der Waals surface area contributed by atoms with Crippen LogP contribution in [-0.2, 0) is 40.2 Å². The first-order valence-electron chi connectivity index (χ1n) is 10.9. The van der Waals surface area contributed by atoms with Gasteiger partial charge in [0, 0.05) is 26.2 Å². The third kappa shape index (κ3) is 6.87. The van der Waals surface area contributed by atoms with Crippen LogP contribution in [0.1, 0.15) is 6.92 Å². The van der Waals surface area contributed by atoms with Gasteiger partial charge in [0.25, 0.3) is 5.91 Å². The molecule has 0 bridgehead atoms. The fourth-order valence-corrected chi connectivity index (χ4v) is 5.66. The van der Waals surface area contributed by atoms with Gasteiger partial charge in [0.05, 0.1) is 23.9 Å². The molecule has 1 fully saturated rings. The molecule has 1 aliphatic rings. The molecule has 3 rings (SSSR count). The fourth-order valence-electron chi connectivity index (χ4n) is 3.49. The van der Waals surface area contributed by atoms with E-state index in [1.54, 1.807) is 6.92 Å². The second kappa shape index (κ2) is 11.6. The zero-order chi connectivity index (χ0) is 26.5. The number of thiazole rings is 1. The minimum Gasteiger partial charge on any atom is -0.468 e. The highest BCUT2D eigenvalue weighted by molar-refractivity contribution is 7.92. The van der Waals surface area contributed by atoms with Crippen molar-refractivity contribution in [2.45, 2.75) is 13.5 Å². The highest BCUT2D eigenvalue weighted by Gasteiger charge is 2.29. The number of hydrogen-bond acceptors (Lipinski definition) is 9. The van der Waals surface area contributed by atoms with E-state index in [1.165, 1.54) is 39.7 Å². The van der Waals surface area contributed by atoms with Crippen molar-refractivity contribution in [3.8, 4) is 0 Å². The average molecular weight is 545 g/mol. The van der Waals surface area contributed by atoms with E-state index in [1.807, 2.05) is 0 Å². The standard InChI is InChI=1S/C21H25FN4O8S2/c1-3-34-21(30)25-8-6-24(7-9-25)18(28)13-36(31,32)12-17(27)23-20-26(11-19(29)33-2)15-5-4-14(22)10-16(15)35-20/h4-5,10H,3,6-9,11-13H2,1-2H3. The Morgan fingerprint density at radius 1 is 1.08 bits per heavy atom. The van der Waals surface area contributed by atoms with E-state index in [2.05, 4.69) is 9.73 Å². The number of hydrogen-bond donors (Lipinski definition) is 0. The second-order valence-electron chi connectivity index (χ2n) is 7.76. The molecule has 1 aliphatic heterocycles. The van der Waals surface area contributed by atoms with E-state index in [9.17, 15) is 32.0 Å². The highest BCUT2D eigenvalue weighted by Crippen LogP contribution is 2.19. The van der Waals surface area contributed by atoms with Gasteiger partial charge in [-0.25, -0.2) is 17.6 Å². The van der Waals surface area contributed by atoms with Gasteiger partial charge in [-0.3, -0.25) is 14.4 Å². The quantitative estimate of drug-likeness (QED) is 0.448. The summed E-state index contributed by atoms with van der Waals surface area (Å²) in [5.74, 6) is -4.83. The first kappa shape index (κ1) is 27.3. The summed E-state index contributed by atoms with van der Waals surface area (Å²) in [7, 11) is -2.98. The molecule has 0 spiro atoms. The minimum atomic E-state index is -4.16. The minimum absolute atomic E-state index is 0.0115. The third-order valence-electron chi connectivity index (χ3n) is 5.23. The van der Waals surface area contributed by atoms with E-state index in [0.29, 0.717) is 10.2 Å². The Balaban J connectivity index is 1.70. The third-order valence-corrected chi connectivity index (χ3v) is 7.64. The molecular weight excluding hydrogens is 519 g/mol. The predicted molar refractivity (Wildman–Crippen MR) is 126 cm³/mol. The maximum absolute atomic E-state index is 13.6. The molecule has 12 nitrogen and oxygen atoms in total. The van der Waals surface area contributed by atoms with Crippen LogP contribution in [0, 0.1) is 5.82 Å². The Bertz CT molecular complexity index is 1340. The lowest BCUT2D eigenvalue weighted by atomic mass is 10.3. The van der Waals surface area contributed by atoms with Crippen LogP contribution < -0.4 is 4.80 Å². The zero-order valence-electron chi connectivity index (χ0n) is 19.6. The number of rotatable bonds is 7. The van der Waals surface area contributed by atoms with Gasteiger partial charge < -0.3 is 23.8 Å². The van der Waals surface area contributed by atoms with Gasteiger partial charge in [0.15, 0.2) is 14.6 Å². The predicted octanol–water partition coefficient (Wildman–Crippen LogP) is 0.158. The molecule has 1 saturated heterocycles. The lowest BCUT2D eigenvalue weighted by molar-refractivity contribution is -0.141. The number of methoxy groups -OCH3 is 1. The van der Waals surface area contributed by atoms with Crippen LogP contribution in [0.15, 0.2) is 23.2 Å². The molecule has 196 valence electrons. The van der Waals surface area contributed by atoms with Crippen molar-refractivity contribution in [1.82, 2.24) is 14.4 Å². The topological polar surface area (TPSA) is 145 Å². The van der Waals surface area contributed by atoms with Crippen molar-refractivity contribution in [2.24, 2.45) is 4.99 Å². The van der Waals surface area contributed by atoms with E-state index < -0.39 is 51.0 Å². The van der Waals surface area contributed by atoms with Gasteiger partial charge in [-0.15, -0.1) is 0 Å². The molecule has 2 heterocycles. The lowest BCUT2D eigenvalue weighted by Gasteiger charge is -2.34. The number of piperazine rings is 1. The van der Waals surface area contributed by atoms with Crippen molar-refractivity contribution in [1.29, 1.82) is 0 Å². The summed E-state index contributed by atoms with van der Waals surface area (Å²) >= 11 is 0.903. The number of aromatic nitrogens is 1. The maximum atomic E-state index is 13.6. The monoisotopic (exact) mass is 544 g/mol. The number of ether oxygens (including phenoxy) is 2. The molecule has 0 aliphatic carbocycles. The van der Waals surface area contributed by atoms with Gasteiger partial charge in [-0.05, 0) is 25.1 Å². The summed E-state index contributed by atoms with van der Waals surface area (Å²) in [6.07, 6.45) is -0.502. The van der Waals surface area contributed by atoms with Gasteiger partial charge in [-0.2, -0.15) is 4.99 Å². The van der Waals surface area contributed by atoms with Crippen LogP contribution >= 0.6 is 11.3 Å². The number of carbonyl (C=O) groups is 4. The number of carbonyl (C=O) groups excluding carboxylic acids is 4. The number of sulfone groups is 1. The van der Waals surface area contributed by atoms with Crippen molar-refractivity contribution >= 4 is 55.3 Å². The summed E-state index contributed by atoms with van der Waals surface area (Å²) in [5, 5.41) is 0. The molecule has 0 saturated carbocycles. The molecule has 1 aromatic carbocycles. The molecule has 2 aromatic rings. The summed E-state index contributed by atoms with van der Waals surface area (Å²) < 4.78 is 50.0. The summed E-state index contributed by atoms with van der Waals surface area (Å²) in [6, 6.07) is 3.79. The van der Waals surface area contributed by atoms with Gasteiger partial charge in [-0.1, -0.05) is 11.3 Å². The molecule has 15 heteroatoms. The van der Waals surface area contributed by atoms with E-state index >= 15 is 0 Å². The zero-order valence-corrected chi connectivity index (χ0v) is 21.3. The summed E-state index contributed by atoms with van der Waals surface area (Å²) in [4.78, 5) is 55.1. The largest absolute Gasteiger partial charge is 0.468 e. The number of nitrogens with zero attached hydrogens (tertiary/aromatic N) is 4. The van der Waals surface area contributed by atoms with Crippen molar-refractivity contribution in [2.75, 3.05) is 51.4 Å².